The van der Waals surface area contributed by atoms with Crippen LogP contribution in [0.25, 0.3) is 0 Å². The van der Waals surface area contributed by atoms with E-state index in [4.69, 9.17) is 0 Å². The van der Waals surface area contributed by atoms with Crippen LogP contribution in [0.15, 0.2) is 27.8 Å². The standard InChI is InChI=1S/C10H10N2O4S3/c1-19(15,16)9-5-8(12(13)14)10(18-9)11-6-7-3-2-4-17-7/h2-5,11H,6H2,1H3. The van der Waals surface area contributed by atoms with Gasteiger partial charge in [0.25, 0.3) is 0 Å². The molecule has 0 spiro atoms. The van der Waals surface area contributed by atoms with Crippen molar-refractivity contribution in [2.24, 2.45) is 0 Å². The molecule has 19 heavy (non-hydrogen) atoms. The Kier molecular flexibility index (Phi) is 3.88. The van der Waals surface area contributed by atoms with Crippen LogP contribution in [0.2, 0.25) is 0 Å². The van der Waals surface area contributed by atoms with Gasteiger partial charge >= 0.3 is 5.69 Å². The lowest BCUT2D eigenvalue weighted by Gasteiger charge is -2.00. The van der Waals surface area contributed by atoms with Gasteiger partial charge in [-0.05, 0) is 11.4 Å². The first-order chi connectivity index (χ1) is 8.88. The molecule has 0 aromatic carbocycles. The van der Waals surface area contributed by atoms with Crippen LogP contribution in [0, 0.1) is 10.1 Å². The Morgan fingerprint density at radius 1 is 1.47 bits per heavy atom. The molecule has 0 saturated carbocycles. The van der Waals surface area contributed by atoms with Crippen molar-refractivity contribution in [2.75, 3.05) is 11.6 Å². The third-order valence-corrected chi connectivity index (χ3v) is 6.02. The second-order valence-electron chi connectivity index (χ2n) is 3.74. The number of thiophene rings is 2. The molecule has 0 atom stereocenters. The van der Waals surface area contributed by atoms with Crippen LogP contribution < -0.4 is 5.32 Å². The fraction of sp³-hybridized carbons (Fsp3) is 0.200. The van der Waals surface area contributed by atoms with Gasteiger partial charge in [-0.25, -0.2) is 8.42 Å². The predicted octanol–water partition coefficient (Wildman–Crippen LogP) is 2.73. The summed E-state index contributed by atoms with van der Waals surface area (Å²) in [6, 6.07) is 4.87. The molecule has 2 aromatic rings. The summed E-state index contributed by atoms with van der Waals surface area (Å²) < 4.78 is 22.8. The Bertz CT molecular complexity index is 688. The van der Waals surface area contributed by atoms with Crippen molar-refractivity contribution in [3.63, 3.8) is 0 Å². The molecule has 1 N–H and O–H groups in total. The lowest BCUT2D eigenvalue weighted by molar-refractivity contribution is -0.383. The van der Waals surface area contributed by atoms with E-state index in [0.29, 0.717) is 6.54 Å². The van der Waals surface area contributed by atoms with E-state index >= 15 is 0 Å². The van der Waals surface area contributed by atoms with Crippen LogP contribution in [0.3, 0.4) is 0 Å². The fourth-order valence-corrected chi connectivity index (χ4v) is 3.96. The van der Waals surface area contributed by atoms with E-state index in [2.05, 4.69) is 5.32 Å². The maximum Gasteiger partial charge on any atom is 0.304 e. The smallest absolute Gasteiger partial charge is 0.304 e. The number of rotatable bonds is 5. The monoisotopic (exact) mass is 318 g/mol. The van der Waals surface area contributed by atoms with E-state index in [1.54, 1.807) is 0 Å². The first-order valence-corrected chi connectivity index (χ1v) is 8.71. The molecule has 0 saturated heterocycles. The van der Waals surface area contributed by atoms with Crippen LogP contribution in [-0.4, -0.2) is 19.6 Å². The number of nitrogens with one attached hydrogen (secondary N) is 1. The summed E-state index contributed by atoms with van der Waals surface area (Å²) in [6.45, 7) is 0.433. The van der Waals surface area contributed by atoms with Gasteiger partial charge in [0.1, 0.15) is 4.21 Å². The zero-order valence-electron chi connectivity index (χ0n) is 9.82. The van der Waals surface area contributed by atoms with Crippen LogP contribution >= 0.6 is 22.7 Å². The third-order valence-electron chi connectivity index (χ3n) is 2.26. The van der Waals surface area contributed by atoms with Crippen LogP contribution in [-0.2, 0) is 16.4 Å². The molecule has 9 heteroatoms. The predicted molar refractivity (Wildman–Crippen MR) is 75.7 cm³/mol. The summed E-state index contributed by atoms with van der Waals surface area (Å²) in [5.74, 6) is 0. The molecular weight excluding hydrogens is 308 g/mol. The van der Waals surface area contributed by atoms with E-state index in [1.807, 2.05) is 17.5 Å². The molecule has 102 valence electrons. The minimum Gasteiger partial charge on any atom is -0.366 e. The van der Waals surface area contributed by atoms with Gasteiger partial charge in [-0.1, -0.05) is 17.4 Å². The molecule has 2 rings (SSSR count). The van der Waals surface area contributed by atoms with Gasteiger partial charge < -0.3 is 5.32 Å². The lowest BCUT2D eigenvalue weighted by atomic mass is 10.4. The number of nitro groups is 1. The number of hydrogen-bond donors (Lipinski definition) is 1. The van der Waals surface area contributed by atoms with Crippen molar-refractivity contribution in [3.05, 3.63) is 38.6 Å². The number of nitrogens with zero attached hydrogens (tertiary/aromatic N) is 1. The molecule has 0 radical (unpaired) electrons. The minimum atomic E-state index is -3.43. The number of hydrogen-bond acceptors (Lipinski definition) is 7. The average molecular weight is 318 g/mol. The van der Waals surface area contributed by atoms with E-state index in [9.17, 15) is 18.5 Å². The Morgan fingerprint density at radius 2 is 2.21 bits per heavy atom. The summed E-state index contributed by atoms with van der Waals surface area (Å²) in [5, 5.41) is 16.0. The highest BCUT2D eigenvalue weighted by Gasteiger charge is 2.23. The summed E-state index contributed by atoms with van der Waals surface area (Å²) in [6.07, 6.45) is 1.03. The van der Waals surface area contributed by atoms with Gasteiger partial charge in [0.2, 0.25) is 0 Å². The van der Waals surface area contributed by atoms with Gasteiger partial charge in [0.05, 0.1) is 11.5 Å². The van der Waals surface area contributed by atoms with Crippen molar-refractivity contribution in [1.29, 1.82) is 0 Å². The minimum absolute atomic E-state index is 0.00659. The maximum atomic E-state index is 11.4. The Balaban J connectivity index is 2.28. The molecule has 0 amide bonds. The molecule has 0 fully saturated rings. The normalized spacial score (nSPS) is 11.4. The number of sulfone groups is 1. The van der Waals surface area contributed by atoms with Gasteiger partial charge in [-0.3, -0.25) is 10.1 Å². The summed E-state index contributed by atoms with van der Waals surface area (Å²) >= 11 is 2.40. The van der Waals surface area contributed by atoms with Gasteiger partial charge in [0, 0.05) is 17.2 Å². The van der Waals surface area contributed by atoms with Crippen LogP contribution in [0.1, 0.15) is 4.88 Å². The first-order valence-electron chi connectivity index (χ1n) is 5.12. The molecule has 6 nitrogen and oxygen atoms in total. The number of anilines is 1. The van der Waals surface area contributed by atoms with E-state index in [1.165, 1.54) is 11.3 Å². The molecule has 0 unspecified atom stereocenters. The molecule has 2 heterocycles. The second kappa shape index (κ2) is 5.27. The van der Waals surface area contributed by atoms with E-state index in [-0.39, 0.29) is 14.9 Å². The molecule has 0 aliphatic carbocycles. The quantitative estimate of drug-likeness (QED) is 0.676. The molecule has 0 aliphatic rings. The van der Waals surface area contributed by atoms with E-state index < -0.39 is 14.8 Å². The summed E-state index contributed by atoms with van der Waals surface area (Å²) in [5.41, 5.74) is -0.206. The second-order valence-corrected chi connectivity index (χ2v) is 8.07. The maximum absolute atomic E-state index is 11.4. The largest absolute Gasteiger partial charge is 0.366 e. The summed E-state index contributed by atoms with van der Waals surface area (Å²) in [4.78, 5) is 11.3. The zero-order valence-corrected chi connectivity index (χ0v) is 12.3. The van der Waals surface area contributed by atoms with Crippen molar-refractivity contribution in [3.8, 4) is 0 Å². The van der Waals surface area contributed by atoms with Crippen molar-refractivity contribution < 1.29 is 13.3 Å². The van der Waals surface area contributed by atoms with Crippen molar-refractivity contribution in [2.45, 2.75) is 10.8 Å². The van der Waals surface area contributed by atoms with Crippen molar-refractivity contribution >= 4 is 43.2 Å². The third kappa shape index (κ3) is 3.31. The van der Waals surface area contributed by atoms with Crippen LogP contribution in [0.5, 0.6) is 0 Å². The van der Waals surface area contributed by atoms with Crippen LogP contribution in [0.4, 0.5) is 10.7 Å². The topological polar surface area (TPSA) is 89.3 Å². The molecular formula is C10H10N2O4S3. The highest BCUT2D eigenvalue weighted by atomic mass is 32.2. The Labute approximate surface area is 117 Å². The average Bonchev–Trinajstić information content (AvgIpc) is 2.94. The lowest BCUT2D eigenvalue weighted by Crippen LogP contribution is -1.98. The first kappa shape index (κ1) is 14.0. The summed E-state index contributed by atoms with van der Waals surface area (Å²) in [7, 11) is -3.43. The van der Waals surface area contributed by atoms with Crippen molar-refractivity contribution in [1.82, 2.24) is 0 Å². The SMILES string of the molecule is CS(=O)(=O)c1cc([N+](=O)[O-])c(NCc2cccs2)s1. The highest BCUT2D eigenvalue weighted by Crippen LogP contribution is 2.37. The van der Waals surface area contributed by atoms with Gasteiger partial charge in [-0.15, -0.1) is 11.3 Å². The zero-order chi connectivity index (χ0) is 14.0. The Hall–Kier alpha value is -1.45. The van der Waals surface area contributed by atoms with Gasteiger partial charge in [0.15, 0.2) is 14.8 Å². The highest BCUT2D eigenvalue weighted by molar-refractivity contribution is 7.92. The molecule has 0 bridgehead atoms. The van der Waals surface area contributed by atoms with E-state index in [0.717, 1.165) is 28.5 Å². The van der Waals surface area contributed by atoms with Gasteiger partial charge in [-0.2, -0.15) is 0 Å². The Morgan fingerprint density at radius 3 is 2.74 bits per heavy atom. The molecule has 2 aromatic heterocycles. The fourth-order valence-electron chi connectivity index (χ4n) is 1.39. The molecule has 0 aliphatic heterocycles.